The van der Waals surface area contributed by atoms with Gasteiger partial charge in [0.1, 0.15) is 6.04 Å². The van der Waals surface area contributed by atoms with Gasteiger partial charge in [0, 0.05) is 5.25 Å². The van der Waals surface area contributed by atoms with Crippen molar-refractivity contribution in [1.29, 1.82) is 0 Å². The molecule has 0 aromatic rings. The molecule has 1 heterocycles. The average Bonchev–Trinajstić information content (AvgIpc) is 2.51. The molecule has 14 heavy (non-hydrogen) atoms. The van der Waals surface area contributed by atoms with Gasteiger partial charge in [0.15, 0.2) is 0 Å². The van der Waals surface area contributed by atoms with E-state index in [2.05, 4.69) is 5.32 Å². The van der Waals surface area contributed by atoms with Gasteiger partial charge in [0.2, 0.25) is 0 Å². The zero-order valence-electron chi connectivity index (χ0n) is 8.27. The molecule has 4 nitrogen and oxygen atoms in total. The summed E-state index contributed by atoms with van der Waals surface area (Å²) < 4.78 is 0. The van der Waals surface area contributed by atoms with Crippen LogP contribution in [0.1, 0.15) is 6.42 Å². The van der Waals surface area contributed by atoms with Crippen LogP contribution in [0.2, 0.25) is 13.1 Å². The van der Waals surface area contributed by atoms with Crippen LogP contribution in [-0.2, 0) is 4.79 Å². The topological polar surface area (TPSA) is 69.6 Å². The molecular formula is C8H16BNO3S. The monoisotopic (exact) mass is 217 g/mol. The van der Waals surface area contributed by atoms with Crippen molar-refractivity contribution in [2.75, 3.05) is 12.3 Å². The standard InChI is InChI=1S/C8H16BNO3S/c1-9(13)3-5-14-6-2-4-10-7(6)8(11)12/h6-7,10,13H,2-5H2,1H3,(H,11,12). The van der Waals surface area contributed by atoms with Crippen molar-refractivity contribution in [2.45, 2.75) is 30.9 Å². The average molecular weight is 217 g/mol. The van der Waals surface area contributed by atoms with Crippen molar-refractivity contribution >= 4 is 24.6 Å². The molecule has 3 N–H and O–H groups in total. The van der Waals surface area contributed by atoms with Gasteiger partial charge in [0.25, 0.3) is 6.92 Å². The third kappa shape index (κ3) is 3.51. The first-order valence-electron chi connectivity index (χ1n) is 4.87. The molecule has 1 aliphatic heterocycles. The van der Waals surface area contributed by atoms with Crippen molar-refractivity contribution in [3.05, 3.63) is 0 Å². The Labute approximate surface area is 88.6 Å². The van der Waals surface area contributed by atoms with Gasteiger partial charge in [-0.25, -0.2) is 0 Å². The molecular weight excluding hydrogens is 201 g/mol. The Morgan fingerprint density at radius 2 is 2.43 bits per heavy atom. The molecule has 0 amide bonds. The van der Waals surface area contributed by atoms with Gasteiger partial charge < -0.3 is 15.4 Å². The van der Waals surface area contributed by atoms with Crippen molar-refractivity contribution in [3.63, 3.8) is 0 Å². The van der Waals surface area contributed by atoms with Crippen LogP contribution in [0.5, 0.6) is 0 Å². The molecule has 0 aliphatic carbocycles. The molecule has 0 aromatic heterocycles. The van der Waals surface area contributed by atoms with E-state index in [1.54, 1.807) is 18.6 Å². The number of rotatable bonds is 5. The number of hydrogen-bond acceptors (Lipinski definition) is 4. The highest BCUT2D eigenvalue weighted by Gasteiger charge is 2.32. The number of nitrogens with one attached hydrogen (secondary N) is 1. The first-order valence-corrected chi connectivity index (χ1v) is 5.92. The highest BCUT2D eigenvalue weighted by molar-refractivity contribution is 8.00. The number of aliphatic carboxylic acids is 1. The summed E-state index contributed by atoms with van der Waals surface area (Å²) in [6.07, 6.45) is 1.63. The van der Waals surface area contributed by atoms with Crippen molar-refractivity contribution in [2.24, 2.45) is 0 Å². The Morgan fingerprint density at radius 1 is 1.71 bits per heavy atom. The molecule has 0 aromatic carbocycles. The Morgan fingerprint density at radius 3 is 3.00 bits per heavy atom. The van der Waals surface area contributed by atoms with E-state index in [4.69, 9.17) is 10.1 Å². The van der Waals surface area contributed by atoms with Gasteiger partial charge >= 0.3 is 5.97 Å². The molecule has 1 rings (SSSR count). The lowest BCUT2D eigenvalue weighted by atomic mass is 9.69. The van der Waals surface area contributed by atoms with Gasteiger partial charge in [-0.2, -0.15) is 11.8 Å². The molecule has 6 heteroatoms. The van der Waals surface area contributed by atoms with Crippen LogP contribution in [0.4, 0.5) is 0 Å². The van der Waals surface area contributed by atoms with E-state index in [9.17, 15) is 4.79 Å². The smallest absolute Gasteiger partial charge is 0.321 e. The lowest BCUT2D eigenvalue weighted by Crippen LogP contribution is -2.37. The van der Waals surface area contributed by atoms with E-state index in [1.165, 1.54) is 0 Å². The predicted molar refractivity (Wildman–Crippen MR) is 58.9 cm³/mol. The quantitative estimate of drug-likeness (QED) is 0.572. The van der Waals surface area contributed by atoms with Crippen LogP contribution < -0.4 is 5.32 Å². The van der Waals surface area contributed by atoms with E-state index in [0.717, 1.165) is 25.0 Å². The molecule has 0 radical (unpaired) electrons. The van der Waals surface area contributed by atoms with E-state index >= 15 is 0 Å². The number of carbonyl (C=O) groups is 1. The fraction of sp³-hybridized carbons (Fsp3) is 0.875. The van der Waals surface area contributed by atoms with Crippen molar-refractivity contribution in [3.8, 4) is 0 Å². The number of thioether (sulfide) groups is 1. The van der Waals surface area contributed by atoms with E-state index in [1.807, 2.05) is 0 Å². The summed E-state index contributed by atoms with van der Waals surface area (Å²) in [5.74, 6) is 0.0606. The Bertz CT molecular complexity index is 203. The summed E-state index contributed by atoms with van der Waals surface area (Å²) in [4.78, 5) is 10.8. The number of hydrogen-bond donors (Lipinski definition) is 3. The molecule has 0 spiro atoms. The Balaban J connectivity index is 2.26. The van der Waals surface area contributed by atoms with Gasteiger partial charge in [-0.15, -0.1) is 0 Å². The lowest BCUT2D eigenvalue weighted by molar-refractivity contribution is -0.138. The van der Waals surface area contributed by atoms with Crippen LogP contribution in [0, 0.1) is 0 Å². The number of carboxylic acids is 1. The van der Waals surface area contributed by atoms with Crippen LogP contribution >= 0.6 is 11.8 Å². The second-order valence-corrected chi connectivity index (χ2v) is 4.95. The summed E-state index contributed by atoms with van der Waals surface area (Å²) >= 11 is 1.65. The maximum atomic E-state index is 10.8. The third-order valence-corrected chi connectivity index (χ3v) is 3.71. The van der Waals surface area contributed by atoms with Gasteiger partial charge in [0.05, 0.1) is 0 Å². The second-order valence-electron chi connectivity index (χ2n) is 3.61. The molecule has 80 valence electrons. The molecule has 1 aliphatic rings. The van der Waals surface area contributed by atoms with Gasteiger partial charge in [-0.05, 0) is 25.0 Å². The second kappa shape index (κ2) is 5.63. The van der Waals surface area contributed by atoms with Crippen molar-refractivity contribution < 1.29 is 14.9 Å². The zero-order chi connectivity index (χ0) is 10.6. The largest absolute Gasteiger partial charge is 0.480 e. The third-order valence-electron chi connectivity index (χ3n) is 2.30. The molecule has 0 saturated carbocycles. The minimum atomic E-state index is -0.767. The van der Waals surface area contributed by atoms with Crippen LogP contribution in [0.15, 0.2) is 0 Å². The van der Waals surface area contributed by atoms with E-state index in [-0.39, 0.29) is 12.2 Å². The van der Waals surface area contributed by atoms with Crippen LogP contribution in [0.3, 0.4) is 0 Å². The van der Waals surface area contributed by atoms with Crippen LogP contribution in [0.25, 0.3) is 0 Å². The minimum absolute atomic E-state index is 0.159. The van der Waals surface area contributed by atoms with Crippen LogP contribution in [-0.4, -0.2) is 46.6 Å². The molecule has 1 saturated heterocycles. The molecule has 0 bridgehead atoms. The Hall–Kier alpha value is -0.195. The maximum Gasteiger partial charge on any atom is 0.321 e. The Kier molecular flexibility index (Phi) is 4.78. The van der Waals surface area contributed by atoms with Gasteiger partial charge in [-0.1, -0.05) is 6.82 Å². The lowest BCUT2D eigenvalue weighted by Gasteiger charge is -2.14. The summed E-state index contributed by atoms with van der Waals surface area (Å²) in [5.41, 5.74) is 0. The fourth-order valence-corrected chi connectivity index (χ4v) is 2.96. The van der Waals surface area contributed by atoms with E-state index < -0.39 is 12.0 Å². The highest BCUT2D eigenvalue weighted by atomic mass is 32.2. The summed E-state index contributed by atoms with van der Waals surface area (Å²) in [7, 11) is 0. The predicted octanol–water partition coefficient (Wildman–Crippen LogP) is 0.148. The number of carboxylic acid groups (broad SMARTS) is 1. The summed E-state index contributed by atoms with van der Waals surface area (Å²) in [6.45, 7) is 2.24. The normalized spacial score (nSPS) is 26.4. The van der Waals surface area contributed by atoms with Crippen molar-refractivity contribution in [1.82, 2.24) is 5.32 Å². The first kappa shape index (κ1) is 11.9. The highest BCUT2D eigenvalue weighted by Crippen LogP contribution is 2.23. The van der Waals surface area contributed by atoms with Gasteiger partial charge in [-0.3, -0.25) is 4.79 Å². The molecule has 1 fully saturated rings. The molecule has 2 unspecified atom stereocenters. The van der Waals surface area contributed by atoms with E-state index in [0.29, 0.717) is 0 Å². The summed E-state index contributed by atoms with van der Waals surface area (Å²) in [5, 5.41) is 21.0. The SMILES string of the molecule is CB(O)CCSC1CCNC1C(=O)O. The zero-order valence-corrected chi connectivity index (χ0v) is 9.09. The minimum Gasteiger partial charge on any atom is -0.480 e. The molecule has 2 atom stereocenters. The fourth-order valence-electron chi connectivity index (χ4n) is 1.50. The maximum absolute atomic E-state index is 10.8. The first-order chi connectivity index (χ1) is 6.61. The summed E-state index contributed by atoms with van der Waals surface area (Å²) in [6, 6.07) is -0.408.